The Morgan fingerprint density at radius 1 is 1.14 bits per heavy atom. The fourth-order valence-corrected chi connectivity index (χ4v) is 7.52. The van der Waals surface area contributed by atoms with Gasteiger partial charge in [-0.05, 0) is 74.3 Å². The van der Waals surface area contributed by atoms with Crippen LogP contribution in [0.25, 0.3) is 33.6 Å². The summed E-state index contributed by atoms with van der Waals surface area (Å²) in [5.74, 6) is 3.28. The number of methoxy groups -OCH3 is 1. The van der Waals surface area contributed by atoms with Gasteiger partial charge in [-0.1, -0.05) is 0 Å². The standard InChI is InChI=1S/C32H38N8O3/c1-38-29-22(11-20(13-25(29)43-2)32(42)40-16-19-5-7-23(40)28(19)33)36-31(38)24-12-18-6-8-26(35-21-9-10-34-27(41)14-21)37-30(18)39(24)15-17-3-4-17/h6,8,11-13,17,19,21,23,28H,3-5,7,9-10,14-16,33H2,1-2H3,(H,34,41)(H,35,37)/t19?,21?,23?,28-/m1/s1. The van der Waals surface area contributed by atoms with E-state index in [0.29, 0.717) is 36.1 Å². The molecule has 8 rings (SSSR count). The number of aryl methyl sites for hydroxylation is 1. The van der Waals surface area contributed by atoms with Gasteiger partial charge < -0.3 is 35.1 Å². The Morgan fingerprint density at radius 2 is 2.00 bits per heavy atom. The quantitative estimate of drug-likeness (QED) is 0.305. The van der Waals surface area contributed by atoms with Gasteiger partial charge in [-0.2, -0.15) is 0 Å². The van der Waals surface area contributed by atoms with E-state index in [0.717, 1.165) is 71.8 Å². The molecule has 4 fully saturated rings. The highest BCUT2D eigenvalue weighted by molar-refractivity contribution is 6.00. The van der Waals surface area contributed by atoms with Crippen LogP contribution in [0.15, 0.2) is 30.3 Å². The highest BCUT2D eigenvalue weighted by Gasteiger charge is 2.47. The molecule has 11 heteroatoms. The molecular formula is C32H38N8O3. The van der Waals surface area contributed by atoms with Crippen LogP contribution in [0.3, 0.4) is 0 Å². The maximum Gasteiger partial charge on any atom is 0.254 e. The van der Waals surface area contributed by atoms with Crippen molar-refractivity contribution in [3.8, 4) is 17.3 Å². The van der Waals surface area contributed by atoms with E-state index in [4.69, 9.17) is 20.4 Å². The molecule has 4 N–H and O–H groups in total. The van der Waals surface area contributed by atoms with E-state index in [1.165, 1.54) is 12.8 Å². The number of nitrogens with zero attached hydrogens (tertiary/aromatic N) is 5. The molecule has 0 spiro atoms. The zero-order chi connectivity index (χ0) is 29.4. The number of hydrogen-bond acceptors (Lipinski definition) is 7. The third-order valence-corrected chi connectivity index (χ3v) is 10.0. The predicted octanol–water partition coefficient (Wildman–Crippen LogP) is 3.26. The number of carbonyl (C=O) groups excluding carboxylic acids is 2. The van der Waals surface area contributed by atoms with Crippen LogP contribution in [-0.2, 0) is 18.4 Å². The van der Waals surface area contributed by atoms with E-state index in [1.54, 1.807) is 7.11 Å². The fraction of sp³-hybridized carbons (Fsp3) is 0.500. The average molecular weight is 583 g/mol. The van der Waals surface area contributed by atoms with Gasteiger partial charge in [-0.25, -0.2) is 9.97 Å². The summed E-state index contributed by atoms with van der Waals surface area (Å²) in [7, 11) is 3.64. The van der Waals surface area contributed by atoms with Crippen LogP contribution in [-0.4, -0.2) is 74.1 Å². The second-order valence-corrected chi connectivity index (χ2v) is 12.9. The summed E-state index contributed by atoms with van der Waals surface area (Å²) < 4.78 is 10.2. The van der Waals surface area contributed by atoms with Crippen molar-refractivity contribution in [1.82, 2.24) is 29.3 Å². The van der Waals surface area contributed by atoms with Gasteiger partial charge >= 0.3 is 0 Å². The summed E-state index contributed by atoms with van der Waals surface area (Å²) >= 11 is 0. The molecule has 2 aliphatic carbocycles. The van der Waals surface area contributed by atoms with Gasteiger partial charge in [-0.15, -0.1) is 0 Å². The van der Waals surface area contributed by atoms with Crippen molar-refractivity contribution in [3.63, 3.8) is 0 Å². The Hall–Kier alpha value is -4.12. The van der Waals surface area contributed by atoms with Gasteiger partial charge in [0.2, 0.25) is 5.91 Å². The fourth-order valence-electron chi connectivity index (χ4n) is 7.52. The zero-order valence-corrected chi connectivity index (χ0v) is 24.7. The normalized spacial score (nSPS) is 25.1. The van der Waals surface area contributed by atoms with Crippen LogP contribution in [0.5, 0.6) is 5.75 Å². The molecule has 2 saturated carbocycles. The summed E-state index contributed by atoms with van der Waals surface area (Å²) in [6, 6.07) is 10.2. The molecule has 224 valence electrons. The molecule has 3 unspecified atom stereocenters. The molecule has 4 aliphatic rings. The number of aromatic nitrogens is 4. The number of rotatable bonds is 7. The summed E-state index contributed by atoms with van der Waals surface area (Å²) in [4.78, 5) is 37.7. The number of fused-ring (bicyclic) bond motifs is 4. The van der Waals surface area contributed by atoms with Crippen molar-refractivity contribution in [2.24, 2.45) is 24.6 Å². The first-order valence-electron chi connectivity index (χ1n) is 15.5. The van der Waals surface area contributed by atoms with Crippen LogP contribution in [0.1, 0.15) is 48.9 Å². The molecule has 4 aromatic rings. The first-order valence-corrected chi connectivity index (χ1v) is 15.5. The first kappa shape index (κ1) is 26.5. The van der Waals surface area contributed by atoms with Gasteiger partial charge in [0.1, 0.15) is 22.7 Å². The average Bonchev–Trinajstić information content (AvgIpc) is 3.41. The van der Waals surface area contributed by atoms with Crippen LogP contribution in [0.2, 0.25) is 0 Å². The van der Waals surface area contributed by atoms with Gasteiger partial charge in [0.25, 0.3) is 5.91 Å². The Labute approximate surface area is 249 Å². The van der Waals surface area contributed by atoms with E-state index < -0.39 is 0 Å². The maximum atomic E-state index is 13.7. The largest absolute Gasteiger partial charge is 0.494 e. The van der Waals surface area contributed by atoms with Gasteiger partial charge in [0, 0.05) is 62.2 Å². The number of nitrogens with one attached hydrogen (secondary N) is 2. The molecule has 2 amide bonds. The molecule has 1 aromatic carbocycles. The second-order valence-electron chi connectivity index (χ2n) is 12.9. The van der Waals surface area contributed by atoms with E-state index in [1.807, 2.05) is 30.1 Å². The smallest absolute Gasteiger partial charge is 0.254 e. The van der Waals surface area contributed by atoms with Gasteiger partial charge in [-0.3, -0.25) is 9.59 Å². The van der Waals surface area contributed by atoms with E-state index >= 15 is 0 Å². The Morgan fingerprint density at radius 3 is 2.72 bits per heavy atom. The van der Waals surface area contributed by atoms with E-state index in [2.05, 4.69) is 31.9 Å². The van der Waals surface area contributed by atoms with Crippen molar-refractivity contribution >= 4 is 39.7 Å². The number of nitrogens with two attached hydrogens (primary N) is 1. The highest BCUT2D eigenvalue weighted by Crippen LogP contribution is 2.40. The van der Waals surface area contributed by atoms with Crippen molar-refractivity contribution in [2.75, 3.05) is 25.5 Å². The monoisotopic (exact) mass is 582 g/mol. The van der Waals surface area contributed by atoms with Gasteiger partial charge in [0.15, 0.2) is 5.82 Å². The van der Waals surface area contributed by atoms with E-state index in [9.17, 15) is 9.59 Å². The highest BCUT2D eigenvalue weighted by atomic mass is 16.5. The topological polar surface area (TPSA) is 132 Å². The molecule has 43 heavy (non-hydrogen) atoms. The first-order chi connectivity index (χ1) is 20.9. The third kappa shape index (κ3) is 4.43. The number of ether oxygens (including phenoxy) is 1. The number of pyridine rings is 1. The number of benzene rings is 1. The summed E-state index contributed by atoms with van der Waals surface area (Å²) in [6.45, 7) is 2.26. The van der Waals surface area contributed by atoms with Crippen molar-refractivity contribution < 1.29 is 14.3 Å². The lowest BCUT2D eigenvalue weighted by Gasteiger charge is -2.27. The maximum absolute atomic E-state index is 13.7. The number of imidazole rings is 1. The molecule has 2 aliphatic heterocycles. The molecule has 11 nitrogen and oxygen atoms in total. The molecule has 4 atom stereocenters. The summed E-state index contributed by atoms with van der Waals surface area (Å²) in [5.41, 5.74) is 10.5. The lowest BCUT2D eigenvalue weighted by molar-refractivity contribution is -0.122. The molecule has 2 saturated heterocycles. The number of hydrogen-bond donors (Lipinski definition) is 3. The number of piperidine rings is 2. The summed E-state index contributed by atoms with van der Waals surface area (Å²) in [6.07, 6.45) is 5.80. The molecule has 5 heterocycles. The Balaban J connectivity index is 1.19. The number of carbonyl (C=O) groups is 2. The zero-order valence-electron chi connectivity index (χ0n) is 24.7. The van der Waals surface area contributed by atoms with Crippen LogP contribution < -0.4 is 21.1 Å². The lowest BCUT2D eigenvalue weighted by atomic mass is 10.1. The van der Waals surface area contributed by atoms with Crippen molar-refractivity contribution in [1.29, 1.82) is 0 Å². The van der Waals surface area contributed by atoms with Crippen molar-refractivity contribution in [2.45, 2.75) is 63.2 Å². The molecule has 3 aromatic heterocycles. The minimum Gasteiger partial charge on any atom is -0.494 e. The number of anilines is 1. The molecule has 2 bridgehead atoms. The minimum atomic E-state index is -0.00224. The van der Waals surface area contributed by atoms with Crippen molar-refractivity contribution in [3.05, 3.63) is 35.9 Å². The van der Waals surface area contributed by atoms with Crippen LogP contribution in [0.4, 0.5) is 5.82 Å². The third-order valence-electron chi connectivity index (χ3n) is 10.0. The molecule has 0 radical (unpaired) electrons. The Kier molecular flexibility index (Phi) is 6.15. The van der Waals surface area contributed by atoms with E-state index in [-0.39, 0.29) is 29.9 Å². The summed E-state index contributed by atoms with van der Waals surface area (Å²) in [5, 5.41) is 7.42. The number of amides is 2. The Bertz CT molecular complexity index is 1770. The minimum absolute atomic E-state index is 0.00224. The second kappa shape index (κ2) is 9.97. The predicted molar refractivity (Wildman–Crippen MR) is 164 cm³/mol. The lowest BCUT2D eigenvalue weighted by Crippen LogP contribution is -2.41. The SMILES string of the molecule is COc1cc(C(=O)N2CC3CCC2[C@@H]3N)cc2nc(-c3cc4ccc(NC5CCNC(=O)C5)nc4n3CC3CC3)n(C)c12. The number of likely N-dealkylation sites (tertiary alicyclic amines) is 1. The van der Waals surface area contributed by atoms with Gasteiger partial charge in [0.05, 0.1) is 18.3 Å². The van der Waals surface area contributed by atoms with Crippen LogP contribution in [0, 0.1) is 11.8 Å². The molecular weight excluding hydrogens is 544 g/mol. The van der Waals surface area contributed by atoms with Crippen LogP contribution >= 0.6 is 0 Å².